The minimum Gasteiger partial charge on any atom is -0.369 e. The molecule has 1 rings (SSSR count). The van der Waals surface area contributed by atoms with Crippen LogP contribution >= 0.6 is 11.8 Å². The van der Waals surface area contributed by atoms with E-state index in [0.29, 0.717) is 6.10 Å². The Balaban J connectivity index is 2.19. The van der Waals surface area contributed by atoms with Crippen LogP contribution in [0.15, 0.2) is 12.0 Å². The van der Waals surface area contributed by atoms with E-state index in [1.165, 1.54) is 0 Å². The van der Waals surface area contributed by atoms with Crippen molar-refractivity contribution in [2.75, 3.05) is 13.2 Å². The van der Waals surface area contributed by atoms with E-state index in [9.17, 15) is 0 Å². The van der Waals surface area contributed by atoms with Crippen molar-refractivity contribution < 1.29 is 9.47 Å². The van der Waals surface area contributed by atoms with Crippen LogP contribution in [0.2, 0.25) is 0 Å². The summed E-state index contributed by atoms with van der Waals surface area (Å²) in [6.45, 7) is 7.19. The smallest absolute Gasteiger partial charge is 0.135 e. The summed E-state index contributed by atoms with van der Waals surface area (Å²) in [5.41, 5.74) is 0.169. The number of ether oxygens (including phenoxy) is 2. The third-order valence-corrected chi connectivity index (χ3v) is 2.12. The highest BCUT2D eigenvalue weighted by Crippen LogP contribution is 2.26. The Hall–Kier alpha value is 0.01000. The summed E-state index contributed by atoms with van der Waals surface area (Å²) in [4.78, 5) is 0. The van der Waals surface area contributed by atoms with Gasteiger partial charge in [-0.3, -0.25) is 0 Å². The molecule has 0 aromatic rings. The fraction of sp³-hybridized carbons (Fsp3) is 0.714. The van der Waals surface area contributed by atoms with Crippen LogP contribution in [0, 0.1) is 0 Å². The lowest BCUT2D eigenvalue weighted by atomic mass is 10.5. The zero-order chi connectivity index (χ0) is 7.40. The molecular weight excluding hydrogens is 148 g/mol. The Morgan fingerprint density at radius 1 is 2.00 bits per heavy atom. The van der Waals surface area contributed by atoms with Crippen LogP contribution in [-0.2, 0) is 9.47 Å². The number of hydrogen-bond acceptors (Lipinski definition) is 3. The van der Waals surface area contributed by atoms with Crippen molar-refractivity contribution >= 4 is 11.8 Å². The molecule has 58 valence electrons. The summed E-state index contributed by atoms with van der Waals surface area (Å²) in [6, 6.07) is 0. The Morgan fingerprint density at radius 3 is 3.10 bits per heavy atom. The van der Waals surface area contributed by atoms with E-state index in [1.807, 2.05) is 6.92 Å². The van der Waals surface area contributed by atoms with E-state index >= 15 is 0 Å². The van der Waals surface area contributed by atoms with E-state index in [4.69, 9.17) is 9.47 Å². The van der Waals surface area contributed by atoms with Crippen molar-refractivity contribution in [2.24, 2.45) is 0 Å². The van der Waals surface area contributed by atoms with Crippen LogP contribution in [0.5, 0.6) is 0 Å². The number of thioether (sulfide) groups is 1. The van der Waals surface area contributed by atoms with Gasteiger partial charge in [-0.1, -0.05) is 6.58 Å². The molecule has 1 aliphatic heterocycles. The van der Waals surface area contributed by atoms with Crippen molar-refractivity contribution in [2.45, 2.75) is 18.5 Å². The van der Waals surface area contributed by atoms with Gasteiger partial charge >= 0.3 is 0 Å². The molecule has 10 heavy (non-hydrogen) atoms. The van der Waals surface area contributed by atoms with Crippen molar-refractivity contribution in [3.8, 4) is 0 Å². The average molecular weight is 160 g/mol. The molecule has 0 amide bonds. The fourth-order valence-corrected chi connectivity index (χ4v) is 1.44. The third-order valence-electron chi connectivity index (χ3n) is 1.22. The minimum atomic E-state index is 0.169. The van der Waals surface area contributed by atoms with Gasteiger partial charge in [-0.05, 0) is 12.3 Å². The summed E-state index contributed by atoms with van der Waals surface area (Å²) in [5.74, 6) is 0. The summed E-state index contributed by atoms with van der Waals surface area (Å²) in [5, 5.41) is 1.79. The molecule has 0 spiro atoms. The molecule has 0 saturated carbocycles. The Kier molecular flexibility index (Phi) is 3.25. The molecule has 2 atom stereocenters. The second kappa shape index (κ2) is 4.01. The molecule has 0 bridgehead atoms. The van der Waals surface area contributed by atoms with Gasteiger partial charge < -0.3 is 9.47 Å². The second-order valence-corrected chi connectivity index (χ2v) is 3.07. The highest BCUT2D eigenvalue weighted by molar-refractivity contribution is 8.02. The van der Waals surface area contributed by atoms with Crippen molar-refractivity contribution in [1.82, 2.24) is 0 Å². The highest BCUT2D eigenvalue weighted by Gasteiger charge is 2.32. The predicted octanol–water partition coefficient (Wildman–Crippen LogP) is 1.62. The van der Waals surface area contributed by atoms with Gasteiger partial charge in [-0.2, -0.15) is 0 Å². The largest absolute Gasteiger partial charge is 0.369 e. The van der Waals surface area contributed by atoms with Crippen LogP contribution in [0.4, 0.5) is 0 Å². The highest BCUT2D eigenvalue weighted by atomic mass is 32.2. The fourth-order valence-electron chi connectivity index (χ4n) is 0.706. The maximum absolute atomic E-state index is 5.37. The van der Waals surface area contributed by atoms with Crippen molar-refractivity contribution in [3.63, 3.8) is 0 Å². The normalized spacial score (nSPS) is 25.9. The molecule has 1 saturated heterocycles. The minimum absolute atomic E-state index is 0.169. The second-order valence-electron chi connectivity index (χ2n) is 2.00. The molecule has 0 aromatic carbocycles. The summed E-state index contributed by atoms with van der Waals surface area (Å²) < 4.78 is 10.5. The molecule has 0 aromatic heterocycles. The number of rotatable bonds is 5. The molecule has 2 nitrogen and oxygen atoms in total. The standard InChI is InChI=1S/C7H12O2S/c1-3-8-7(10-4-2)6-5-9-6/h4,6-7H,2-3,5H2,1H3. The van der Waals surface area contributed by atoms with Gasteiger partial charge in [0.1, 0.15) is 11.5 Å². The molecule has 0 N–H and O–H groups in total. The van der Waals surface area contributed by atoms with Crippen LogP contribution in [0.1, 0.15) is 6.92 Å². The lowest BCUT2D eigenvalue weighted by Crippen LogP contribution is -2.14. The van der Waals surface area contributed by atoms with Crippen LogP contribution < -0.4 is 0 Å². The van der Waals surface area contributed by atoms with Gasteiger partial charge in [0.15, 0.2) is 0 Å². The van der Waals surface area contributed by atoms with Crippen molar-refractivity contribution in [3.05, 3.63) is 12.0 Å². The zero-order valence-electron chi connectivity index (χ0n) is 6.08. The van der Waals surface area contributed by atoms with Gasteiger partial charge in [0.2, 0.25) is 0 Å². The average Bonchev–Trinajstić information content (AvgIpc) is 2.69. The van der Waals surface area contributed by atoms with Crippen LogP contribution in [-0.4, -0.2) is 24.8 Å². The molecule has 1 fully saturated rings. The Bertz CT molecular complexity index is 112. The lowest BCUT2D eigenvalue weighted by molar-refractivity contribution is 0.103. The first kappa shape index (κ1) is 8.11. The maximum Gasteiger partial charge on any atom is 0.135 e. The SMILES string of the molecule is C=CSC(OCC)C1CO1. The monoisotopic (exact) mass is 160 g/mol. The first-order valence-electron chi connectivity index (χ1n) is 3.38. The summed E-state index contributed by atoms with van der Waals surface area (Å²) in [7, 11) is 0. The van der Waals surface area contributed by atoms with E-state index in [1.54, 1.807) is 17.2 Å². The van der Waals surface area contributed by atoms with Gasteiger partial charge in [0.25, 0.3) is 0 Å². The molecule has 0 aliphatic carbocycles. The summed E-state index contributed by atoms with van der Waals surface area (Å²) in [6.07, 6.45) is 0.308. The Morgan fingerprint density at radius 2 is 2.70 bits per heavy atom. The number of hydrogen-bond donors (Lipinski definition) is 0. The van der Waals surface area contributed by atoms with E-state index in [-0.39, 0.29) is 5.44 Å². The predicted molar refractivity (Wildman–Crippen MR) is 42.9 cm³/mol. The summed E-state index contributed by atoms with van der Waals surface area (Å²) >= 11 is 1.59. The maximum atomic E-state index is 5.37. The molecular formula is C7H12O2S. The molecule has 2 unspecified atom stereocenters. The van der Waals surface area contributed by atoms with E-state index in [0.717, 1.165) is 13.2 Å². The lowest BCUT2D eigenvalue weighted by Gasteiger charge is -2.10. The van der Waals surface area contributed by atoms with Gasteiger partial charge in [0.05, 0.1) is 6.61 Å². The van der Waals surface area contributed by atoms with E-state index < -0.39 is 0 Å². The first-order valence-corrected chi connectivity index (χ1v) is 4.32. The number of epoxide rings is 1. The van der Waals surface area contributed by atoms with Crippen molar-refractivity contribution in [1.29, 1.82) is 0 Å². The first-order chi connectivity index (χ1) is 4.88. The van der Waals surface area contributed by atoms with Gasteiger partial charge in [-0.15, -0.1) is 11.8 Å². The van der Waals surface area contributed by atoms with Crippen LogP contribution in [0.25, 0.3) is 0 Å². The molecule has 0 radical (unpaired) electrons. The quantitative estimate of drug-likeness (QED) is 0.450. The topological polar surface area (TPSA) is 21.8 Å². The molecule has 1 heterocycles. The third kappa shape index (κ3) is 2.33. The zero-order valence-corrected chi connectivity index (χ0v) is 6.89. The Labute approximate surface area is 65.6 Å². The van der Waals surface area contributed by atoms with E-state index in [2.05, 4.69) is 6.58 Å². The van der Waals surface area contributed by atoms with Crippen LogP contribution in [0.3, 0.4) is 0 Å². The van der Waals surface area contributed by atoms with Gasteiger partial charge in [-0.25, -0.2) is 0 Å². The molecule has 3 heteroatoms. The van der Waals surface area contributed by atoms with Gasteiger partial charge in [0, 0.05) is 6.61 Å². The molecule has 1 aliphatic rings.